The molecule has 1 aromatic carbocycles. The molecule has 0 aromatic heterocycles. The molecule has 0 unspecified atom stereocenters. The van der Waals surface area contributed by atoms with Crippen LogP contribution in [0.1, 0.15) is 29.8 Å². The third kappa shape index (κ3) is 2.96. The van der Waals surface area contributed by atoms with Gasteiger partial charge in [-0.05, 0) is 26.0 Å². The highest BCUT2D eigenvalue weighted by molar-refractivity contribution is 5.99. The minimum Gasteiger partial charge on any atom is -0.409 e. The first-order chi connectivity index (χ1) is 8.13. The van der Waals surface area contributed by atoms with Gasteiger partial charge in [0.1, 0.15) is 0 Å². The molecule has 0 fully saturated rings. The van der Waals surface area contributed by atoms with Gasteiger partial charge in [-0.25, -0.2) is 0 Å². The fourth-order valence-corrected chi connectivity index (χ4v) is 1.53. The lowest BCUT2D eigenvalue weighted by molar-refractivity contribution is 0.0773. The molecule has 1 amide bonds. The maximum atomic E-state index is 12.0. The van der Waals surface area contributed by atoms with Crippen LogP contribution < -0.4 is 5.73 Å². The molecule has 0 atom stereocenters. The van der Waals surface area contributed by atoms with Crippen molar-refractivity contribution in [2.24, 2.45) is 10.9 Å². The SMILES string of the molecule is CCN(CC)C(=O)c1ccc(/C(N)=N/O)cc1. The van der Waals surface area contributed by atoms with Crippen LogP contribution in [-0.4, -0.2) is 34.9 Å². The number of oxime groups is 1. The summed E-state index contributed by atoms with van der Waals surface area (Å²) in [6, 6.07) is 6.67. The fourth-order valence-electron chi connectivity index (χ4n) is 1.53. The smallest absolute Gasteiger partial charge is 0.253 e. The molecule has 1 aromatic rings. The summed E-state index contributed by atoms with van der Waals surface area (Å²) in [5, 5.41) is 11.4. The van der Waals surface area contributed by atoms with Crippen molar-refractivity contribution in [3.8, 4) is 0 Å². The Morgan fingerprint density at radius 2 is 1.71 bits per heavy atom. The van der Waals surface area contributed by atoms with Crippen LogP contribution in [0.25, 0.3) is 0 Å². The fraction of sp³-hybridized carbons (Fsp3) is 0.333. The Labute approximate surface area is 101 Å². The quantitative estimate of drug-likeness (QED) is 0.357. The molecular formula is C12H17N3O2. The van der Waals surface area contributed by atoms with Gasteiger partial charge in [0.15, 0.2) is 5.84 Å². The van der Waals surface area contributed by atoms with Crippen LogP contribution in [0.15, 0.2) is 29.4 Å². The van der Waals surface area contributed by atoms with Crippen LogP contribution in [0.5, 0.6) is 0 Å². The summed E-state index contributed by atoms with van der Waals surface area (Å²) in [7, 11) is 0. The van der Waals surface area contributed by atoms with Crippen LogP contribution in [0.4, 0.5) is 0 Å². The van der Waals surface area contributed by atoms with Gasteiger partial charge in [-0.3, -0.25) is 4.79 Å². The van der Waals surface area contributed by atoms with E-state index >= 15 is 0 Å². The van der Waals surface area contributed by atoms with Gasteiger partial charge >= 0.3 is 0 Å². The average molecular weight is 235 g/mol. The van der Waals surface area contributed by atoms with Crippen LogP contribution >= 0.6 is 0 Å². The second-order valence-corrected chi connectivity index (χ2v) is 3.54. The highest BCUT2D eigenvalue weighted by Crippen LogP contribution is 2.07. The number of amidine groups is 1. The summed E-state index contributed by atoms with van der Waals surface area (Å²) in [5.74, 6) is 0.0212. The Morgan fingerprint density at radius 1 is 1.24 bits per heavy atom. The molecule has 0 aliphatic carbocycles. The lowest BCUT2D eigenvalue weighted by Gasteiger charge is -2.18. The molecule has 1 rings (SSSR count). The molecule has 0 saturated carbocycles. The molecule has 0 heterocycles. The summed E-state index contributed by atoms with van der Waals surface area (Å²) >= 11 is 0. The number of carbonyl (C=O) groups is 1. The minimum absolute atomic E-state index is 0.0129. The average Bonchev–Trinajstić information content (AvgIpc) is 2.39. The number of hydrogen-bond donors (Lipinski definition) is 2. The molecule has 17 heavy (non-hydrogen) atoms. The third-order valence-electron chi connectivity index (χ3n) is 2.59. The van der Waals surface area contributed by atoms with Gasteiger partial charge in [-0.15, -0.1) is 0 Å². The Bertz CT molecular complexity index is 408. The number of rotatable bonds is 4. The topological polar surface area (TPSA) is 78.9 Å². The zero-order chi connectivity index (χ0) is 12.8. The van der Waals surface area contributed by atoms with E-state index in [0.29, 0.717) is 24.2 Å². The standard InChI is InChI=1S/C12H17N3O2/c1-3-15(4-2)12(16)10-7-5-9(6-8-10)11(13)14-17/h5-8,17H,3-4H2,1-2H3,(H2,13,14). The molecule has 0 aliphatic heterocycles. The predicted octanol–water partition coefficient (Wildman–Crippen LogP) is 1.26. The number of hydrogen-bond acceptors (Lipinski definition) is 3. The number of carbonyl (C=O) groups excluding carboxylic acids is 1. The van der Waals surface area contributed by atoms with Gasteiger partial charge in [-0.2, -0.15) is 0 Å². The summed E-state index contributed by atoms with van der Waals surface area (Å²) in [5.41, 5.74) is 6.62. The predicted molar refractivity (Wildman–Crippen MR) is 66.2 cm³/mol. The van der Waals surface area contributed by atoms with Crippen molar-refractivity contribution >= 4 is 11.7 Å². The van der Waals surface area contributed by atoms with Crippen molar-refractivity contribution in [1.82, 2.24) is 4.90 Å². The van der Waals surface area contributed by atoms with Gasteiger partial charge < -0.3 is 15.8 Å². The van der Waals surface area contributed by atoms with E-state index in [0.717, 1.165) is 0 Å². The Hall–Kier alpha value is -2.04. The van der Waals surface area contributed by atoms with E-state index in [1.165, 1.54) is 0 Å². The van der Waals surface area contributed by atoms with Crippen LogP contribution in [0, 0.1) is 0 Å². The largest absolute Gasteiger partial charge is 0.409 e. The lowest BCUT2D eigenvalue weighted by Crippen LogP contribution is -2.30. The van der Waals surface area contributed by atoms with E-state index < -0.39 is 0 Å². The van der Waals surface area contributed by atoms with Crippen molar-refractivity contribution in [2.75, 3.05) is 13.1 Å². The highest BCUT2D eigenvalue weighted by Gasteiger charge is 2.12. The molecule has 0 bridgehead atoms. The first-order valence-corrected chi connectivity index (χ1v) is 5.51. The molecule has 5 nitrogen and oxygen atoms in total. The Morgan fingerprint density at radius 3 is 2.12 bits per heavy atom. The maximum Gasteiger partial charge on any atom is 0.253 e. The van der Waals surface area contributed by atoms with E-state index in [1.807, 2.05) is 13.8 Å². The molecule has 0 spiro atoms. The van der Waals surface area contributed by atoms with Crippen molar-refractivity contribution in [1.29, 1.82) is 0 Å². The Kier molecular flexibility index (Phi) is 4.51. The summed E-state index contributed by atoms with van der Waals surface area (Å²) in [6.07, 6.45) is 0. The lowest BCUT2D eigenvalue weighted by atomic mass is 10.1. The first kappa shape index (κ1) is 13.0. The molecular weight excluding hydrogens is 218 g/mol. The summed E-state index contributed by atoms with van der Waals surface area (Å²) in [4.78, 5) is 13.7. The van der Waals surface area contributed by atoms with E-state index in [9.17, 15) is 4.79 Å². The first-order valence-electron chi connectivity index (χ1n) is 5.51. The van der Waals surface area contributed by atoms with Crippen LogP contribution in [-0.2, 0) is 0 Å². The zero-order valence-electron chi connectivity index (χ0n) is 10.1. The van der Waals surface area contributed by atoms with Gasteiger partial charge in [-0.1, -0.05) is 17.3 Å². The summed E-state index contributed by atoms with van der Waals surface area (Å²) < 4.78 is 0. The molecule has 92 valence electrons. The van der Waals surface area contributed by atoms with Gasteiger partial charge in [0.2, 0.25) is 0 Å². The monoisotopic (exact) mass is 235 g/mol. The highest BCUT2D eigenvalue weighted by atomic mass is 16.4. The van der Waals surface area contributed by atoms with E-state index in [1.54, 1.807) is 29.2 Å². The van der Waals surface area contributed by atoms with Crippen LogP contribution in [0.3, 0.4) is 0 Å². The van der Waals surface area contributed by atoms with Crippen molar-refractivity contribution in [3.63, 3.8) is 0 Å². The van der Waals surface area contributed by atoms with Crippen LogP contribution in [0.2, 0.25) is 0 Å². The second kappa shape index (κ2) is 5.89. The maximum absolute atomic E-state index is 12.0. The molecule has 5 heteroatoms. The number of nitrogens with zero attached hydrogens (tertiary/aromatic N) is 2. The second-order valence-electron chi connectivity index (χ2n) is 3.54. The molecule has 0 aliphatic rings. The number of benzene rings is 1. The zero-order valence-corrected chi connectivity index (χ0v) is 10.1. The third-order valence-corrected chi connectivity index (χ3v) is 2.59. The molecule has 3 N–H and O–H groups in total. The van der Waals surface area contributed by atoms with Crippen molar-refractivity contribution < 1.29 is 10.0 Å². The van der Waals surface area contributed by atoms with E-state index in [4.69, 9.17) is 10.9 Å². The van der Waals surface area contributed by atoms with E-state index in [-0.39, 0.29) is 11.7 Å². The summed E-state index contributed by atoms with van der Waals surface area (Å²) in [6.45, 7) is 5.23. The molecule has 0 saturated heterocycles. The van der Waals surface area contributed by atoms with Crippen molar-refractivity contribution in [2.45, 2.75) is 13.8 Å². The van der Waals surface area contributed by atoms with Gasteiger partial charge in [0.25, 0.3) is 5.91 Å². The Balaban J connectivity index is 2.91. The normalized spacial score (nSPS) is 11.3. The molecule has 0 radical (unpaired) electrons. The van der Waals surface area contributed by atoms with Gasteiger partial charge in [0, 0.05) is 24.2 Å². The van der Waals surface area contributed by atoms with E-state index in [2.05, 4.69) is 5.16 Å². The van der Waals surface area contributed by atoms with Crippen molar-refractivity contribution in [3.05, 3.63) is 35.4 Å². The van der Waals surface area contributed by atoms with Gasteiger partial charge in [0.05, 0.1) is 0 Å². The number of nitrogens with two attached hydrogens (primary N) is 1. The number of amides is 1. The minimum atomic E-state index is -0.0129.